The Morgan fingerprint density at radius 3 is 2.33 bits per heavy atom. The van der Waals surface area contributed by atoms with Crippen LogP contribution in [0.15, 0.2) is 111 Å². The van der Waals surface area contributed by atoms with E-state index in [4.69, 9.17) is 31.2 Å². The van der Waals surface area contributed by atoms with Gasteiger partial charge in [-0.25, -0.2) is 4.99 Å². The van der Waals surface area contributed by atoms with Gasteiger partial charge >= 0.3 is 0 Å². The van der Waals surface area contributed by atoms with Crippen LogP contribution in [0.4, 0.5) is 0 Å². The minimum Gasteiger partial charge on any atom is -0.494 e. The van der Waals surface area contributed by atoms with Crippen molar-refractivity contribution in [3.63, 3.8) is 0 Å². The van der Waals surface area contributed by atoms with E-state index in [1.54, 1.807) is 12.1 Å². The van der Waals surface area contributed by atoms with Gasteiger partial charge in [0, 0.05) is 51.1 Å². The predicted octanol–water partition coefficient (Wildman–Crippen LogP) is 7.44. The maximum atomic E-state index is 14.4. The van der Waals surface area contributed by atoms with Crippen LogP contribution < -0.4 is 10.1 Å². The highest BCUT2D eigenvalue weighted by atomic mass is 79.9. The number of rotatable bonds is 11. The molecule has 2 atom stereocenters. The Hall–Kier alpha value is -3.17. The lowest BCUT2D eigenvalue weighted by atomic mass is 9.82. The highest BCUT2D eigenvalue weighted by Gasteiger charge is 2.53. The van der Waals surface area contributed by atoms with Crippen LogP contribution in [0.25, 0.3) is 0 Å². The highest BCUT2D eigenvalue weighted by Crippen LogP contribution is 2.44. The summed E-state index contributed by atoms with van der Waals surface area (Å²) >= 11 is 13.3. The number of benzene rings is 4. The van der Waals surface area contributed by atoms with Crippen molar-refractivity contribution in [1.29, 1.82) is 0 Å². The topological polar surface area (TPSA) is 80.2 Å². The quantitative estimate of drug-likeness (QED) is 0.159. The number of nitrogens with one attached hydrogen (secondary N) is 1. The van der Waals surface area contributed by atoms with Crippen LogP contribution in [0.3, 0.4) is 0 Å². The highest BCUT2D eigenvalue weighted by molar-refractivity contribution is 9.10. The second-order valence-electron chi connectivity index (χ2n) is 9.92. The number of carbonyl (C=O) groups excluding carboxylic acids is 1. The summed E-state index contributed by atoms with van der Waals surface area (Å²) in [5.74, 6) is 0.798. The molecule has 9 heteroatoms. The van der Waals surface area contributed by atoms with E-state index in [2.05, 4.69) is 37.2 Å². The minimum atomic E-state index is -1.31. The molecular formula is C33H29Br2ClN2O4. The maximum absolute atomic E-state index is 14.4. The number of carbonyl (C=O) groups is 1. The molecule has 1 aliphatic heterocycles. The molecule has 1 heterocycles. The summed E-state index contributed by atoms with van der Waals surface area (Å²) in [5.41, 5.74) is 2.10. The standard InChI is InChI=1S/C33H29Br2ClN2O4/c34-25-12-6-22(7-13-25)20-33(32(40)37-21-23-8-14-26(36)15-9-23)30(28-4-1-2-5-29(28)35)42-31(38-33)24-10-16-27(17-11-24)41-19-3-18-39/h1-2,4-17,30,39H,3,18-21H2,(H,37,40)/t30-,33-/m1/s1. The van der Waals surface area contributed by atoms with Crippen LogP contribution in [-0.4, -0.2) is 35.7 Å². The zero-order valence-electron chi connectivity index (χ0n) is 22.6. The first-order valence-corrected chi connectivity index (χ1v) is 15.5. The predicted molar refractivity (Wildman–Crippen MR) is 172 cm³/mol. The Morgan fingerprint density at radius 1 is 0.952 bits per heavy atom. The number of aliphatic hydroxyl groups is 1. The molecule has 0 aliphatic carbocycles. The number of halogens is 3. The fraction of sp³-hybridized carbons (Fsp3) is 0.212. The van der Waals surface area contributed by atoms with Crippen LogP contribution in [0.5, 0.6) is 5.75 Å². The Balaban J connectivity index is 1.55. The average molecular weight is 713 g/mol. The molecule has 5 rings (SSSR count). The van der Waals surface area contributed by atoms with Crippen LogP contribution in [0.2, 0.25) is 5.02 Å². The fourth-order valence-electron chi connectivity index (χ4n) is 4.80. The number of amides is 1. The second kappa shape index (κ2) is 13.9. The van der Waals surface area contributed by atoms with Gasteiger partial charge in [-0.1, -0.05) is 85.9 Å². The van der Waals surface area contributed by atoms with Gasteiger partial charge in [-0.3, -0.25) is 4.79 Å². The van der Waals surface area contributed by atoms with E-state index in [0.29, 0.717) is 42.7 Å². The maximum Gasteiger partial charge on any atom is 0.252 e. The summed E-state index contributed by atoms with van der Waals surface area (Å²) in [6, 6.07) is 30.4. The largest absolute Gasteiger partial charge is 0.494 e. The average Bonchev–Trinajstić information content (AvgIpc) is 3.38. The Bertz CT molecular complexity index is 1550. The fourth-order valence-corrected chi connectivity index (χ4v) is 5.68. The summed E-state index contributed by atoms with van der Waals surface area (Å²) in [7, 11) is 0. The SMILES string of the molecule is O=C(NCc1ccc(Cl)cc1)[C@]1(Cc2ccc(Br)cc2)N=C(c2ccc(OCCCO)cc2)O[C@@H]1c1ccccc1Br. The number of hydrogen-bond donors (Lipinski definition) is 2. The van der Waals surface area contributed by atoms with Crippen molar-refractivity contribution in [2.75, 3.05) is 13.2 Å². The summed E-state index contributed by atoms with van der Waals surface area (Å²) < 4.78 is 14.1. The van der Waals surface area contributed by atoms with Crippen LogP contribution in [-0.2, 0) is 22.5 Å². The molecule has 1 amide bonds. The van der Waals surface area contributed by atoms with E-state index in [0.717, 1.165) is 31.2 Å². The lowest BCUT2D eigenvalue weighted by Gasteiger charge is -2.31. The molecule has 0 fully saturated rings. The molecule has 216 valence electrons. The van der Waals surface area contributed by atoms with E-state index >= 15 is 0 Å². The lowest BCUT2D eigenvalue weighted by Crippen LogP contribution is -2.49. The smallest absolute Gasteiger partial charge is 0.252 e. The van der Waals surface area contributed by atoms with E-state index in [1.807, 2.05) is 84.9 Å². The molecule has 0 radical (unpaired) electrons. The molecule has 42 heavy (non-hydrogen) atoms. The summed E-state index contributed by atoms with van der Waals surface area (Å²) in [5, 5.41) is 12.8. The molecule has 0 saturated heterocycles. The molecule has 6 nitrogen and oxygen atoms in total. The summed E-state index contributed by atoms with van der Waals surface area (Å²) in [6.45, 7) is 0.798. The van der Waals surface area contributed by atoms with Crippen LogP contribution in [0.1, 0.15) is 34.8 Å². The van der Waals surface area contributed by atoms with Crippen molar-refractivity contribution in [3.8, 4) is 5.75 Å². The summed E-state index contributed by atoms with van der Waals surface area (Å²) in [4.78, 5) is 19.5. The number of aliphatic imine (C=N–C) groups is 1. The third-order valence-electron chi connectivity index (χ3n) is 6.97. The zero-order chi connectivity index (χ0) is 29.5. The number of aliphatic hydroxyl groups excluding tert-OH is 1. The Morgan fingerprint density at radius 2 is 1.64 bits per heavy atom. The molecular weight excluding hydrogens is 684 g/mol. The van der Waals surface area contributed by atoms with Crippen molar-refractivity contribution >= 4 is 55.3 Å². The number of hydrogen-bond acceptors (Lipinski definition) is 5. The van der Waals surface area contributed by atoms with Gasteiger partial charge in [0.2, 0.25) is 5.90 Å². The second-order valence-corrected chi connectivity index (χ2v) is 12.1. The molecule has 0 saturated carbocycles. The first-order valence-electron chi connectivity index (χ1n) is 13.5. The van der Waals surface area contributed by atoms with Gasteiger partial charge in [0.05, 0.1) is 6.61 Å². The monoisotopic (exact) mass is 710 g/mol. The van der Waals surface area contributed by atoms with Gasteiger partial charge in [-0.15, -0.1) is 0 Å². The first-order chi connectivity index (χ1) is 20.4. The zero-order valence-corrected chi connectivity index (χ0v) is 26.5. The third-order valence-corrected chi connectivity index (χ3v) is 8.47. The Labute approximate surface area is 267 Å². The van der Waals surface area contributed by atoms with Crippen molar-refractivity contribution in [1.82, 2.24) is 5.32 Å². The van der Waals surface area contributed by atoms with E-state index in [1.165, 1.54) is 0 Å². The minimum absolute atomic E-state index is 0.0691. The molecule has 0 spiro atoms. The number of nitrogens with zero attached hydrogens (tertiary/aromatic N) is 1. The number of ether oxygens (including phenoxy) is 2. The van der Waals surface area contributed by atoms with Crippen molar-refractivity contribution < 1.29 is 19.4 Å². The van der Waals surface area contributed by atoms with Gasteiger partial charge in [0.15, 0.2) is 11.6 Å². The normalized spacial score (nSPS) is 17.8. The first kappa shape index (κ1) is 30.3. The van der Waals surface area contributed by atoms with Crippen molar-refractivity contribution in [2.24, 2.45) is 4.99 Å². The molecule has 0 bridgehead atoms. The van der Waals surface area contributed by atoms with Crippen LogP contribution >= 0.6 is 43.5 Å². The van der Waals surface area contributed by atoms with Gasteiger partial charge in [-0.2, -0.15) is 0 Å². The Kier molecular flexibility index (Phi) is 10.0. The molecule has 4 aromatic rings. The molecule has 4 aromatic carbocycles. The van der Waals surface area contributed by atoms with Crippen LogP contribution in [0, 0.1) is 0 Å². The van der Waals surface area contributed by atoms with E-state index in [9.17, 15) is 4.79 Å². The van der Waals surface area contributed by atoms with E-state index < -0.39 is 11.6 Å². The molecule has 1 aliphatic rings. The van der Waals surface area contributed by atoms with Gasteiger partial charge in [-0.05, 0) is 65.7 Å². The van der Waals surface area contributed by atoms with Crippen molar-refractivity contribution in [2.45, 2.75) is 31.0 Å². The van der Waals surface area contributed by atoms with Gasteiger partial charge < -0.3 is 19.9 Å². The van der Waals surface area contributed by atoms with Gasteiger partial charge in [0.25, 0.3) is 5.91 Å². The lowest BCUT2D eigenvalue weighted by molar-refractivity contribution is -0.129. The molecule has 0 aromatic heterocycles. The van der Waals surface area contributed by atoms with E-state index in [-0.39, 0.29) is 12.5 Å². The summed E-state index contributed by atoms with van der Waals surface area (Å²) in [6.07, 6.45) is 0.150. The van der Waals surface area contributed by atoms with Gasteiger partial charge in [0.1, 0.15) is 5.75 Å². The molecule has 2 N–H and O–H groups in total. The molecule has 0 unspecified atom stereocenters. The third kappa shape index (κ3) is 7.06. The van der Waals surface area contributed by atoms with Crippen molar-refractivity contribution in [3.05, 3.63) is 133 Å².